The molecule has 1 heterocycles. The van der Waals surface area contributed by atoms with Crippen molar-refractivity contribution in [2.24, 2.45) is 0 Å². The Hall–Kier alpha value is -1.89. The highest BCUT2D eigenvalue weighted by molar-refractivity contribution is 7.09. The molecule has 1 amide bonds. The number of thiophene rings is 1. The number of hydrogen-bond acceptors (Lipinski definition) is 5. The SMILES string of the molecule is COC(=O)C[C@H](NC(=O)CCCc1cccs1)C(=O)O. The van der Waals surface area contributed by atoms with Gasteiger partial charge >= 0.3 is 11.9 Å². The molecule has 0 bridgehead atoms. The molecule has 0 saturated heterocycles. The van der Waals surface area contributed by atoms with Gasteiger partial charge in [-0.05, 0) is 24.3 Å². The quantitative estimate of drug-likeness (QED) is 0.704. The largest absolute Gasteiger partial charge is 0.480 e. The third-order valence-corrected chi connectivity index (χ3v) is 3.58. The molecule has 110 valence electrons. The summed E-state index contributed by atoms with van der Waals surface area (Å²) in [6.07, 6.45) is 1.27. The van der Waals surface area contributed by atoms with E-state index in [-0.39, 0.29) is 18.7 Å². The normalized spacial score (nSPS) is 11.7. The lowest BCUT2D eigenvalue weighted by Crippen LogP contribution is -2.42. The van der Waals surface area contributed by atoms with Crippen LogP contribution in [-0.4, -0.2) is 36.1 Å². The van der Waals surface area contributed by atoms with E-state index < -0.39 is 18.0 Å². The average Bonchev–Trinajstić information content (AvgIpc) is 2.90. The van der Waals surface area contributed by atoms with Gasteiger partial charge in [0.2, 0.25) is 5.91 Å². The minimum atomic E-state index is -1.25. The summed E-state index contributed by atoms with van der Waals surface area (Å²) >= 11 is 1.62. The van der Waals surface area contributed by atoms with E-state index in [9.17, 15) is 14.4 Å². The number of carbonyl (C=O) groups excluding carboxylic acids is 2. The van der Waals surface area contributed by atoms with Crippen molar-refractivity contribution in [1.82, 2.24) is 5.32 Å². The maximum atomic E-state index is 11.6. The number of carboxylic acids is 1. The van der Waals surface area contributed by atoms with Crippen molar-refractivity contribution in [3.8, 4) is 0 Å². The lowest BCUT2D eigenvalue weighted by molar-refractivity contribution is -0.148. The first-order valence-electron chi connectivity index (χ1n) is 6.14. The Kier molecular flexibility index (Phi) is 6.72. The molecule has 6 nitrogen and oxygen atoms in total. The van der Waals surface area contributed by atoms with Gasteiger partial charge in [0.15, 0.2) is 0 Å². The third kappa shape index (κ3) is 5.83. The molecule has 0 spiro atoms. The molecule has 1 atom stereocenters. The van der Waals surface area contributed by atoms with Gasteiger partial charge < -0.3 is 15.2 Å². The number of aryl methyl sites for hydroxylation is 1. The van der Waals surface area contributed by atoms with Gasteiger partial charge in [-0.15, -0.1) is 11.3 Å². The second-order valence-electron chi connectivity index (χ2n) is 4.17. The van der Waals surface area contributed by atoms with Crippen LogP contribution >= 0.6 is 11.3 Å². The predicted molar refractivity (Wildman–Crippen MR) is 73.5 cm³/mol. The number of rotatable bonds is 8. The van der Waals surface area contributed by atoms with Gasteiger partial charge in [0, 0.05) is 11.3 Å². The number of aliphatic carboxylic acids is 1. The van der Waals surface area contributed by atoms with Crippen LogP contribution in [0.1, 0.15) is 24.1 Å². The monoisotopic (exact) mass is 299 g/mol. The summed E-state index contributed by atoms with van der Waals surface area (Å²) in [5, 5.41) is 13.2. The number of carboxylic acid groups (broad SMARTS) is 1. The van der Waals surface area contributed by atoms with Crippen molar-refractivity contribution in [3.05, 3.63) is 22.4 Å². The first kappa shape index (κ1) is 16.2. The van der Waals surface area contributed by atoms with E-state index in [4.69, 9.17) is 5.11 Å². The van der Waals surface area contributed by atoms with E-state index in [1.807, 2.05) is 17.5 Å². The van der Waals surface area contributed by atoms with Crippen LogP contribution in [0, 0.1) is 0 Å². The fraction of sp³-hybridized carbons (Fsp3) is 0.462. The molecule has 0 aliphatic carbocycles. The van der Waals surface area contributed by atoms with Crippen molar-refractivity contribution in [3.63, 3.8) is 0 Å². The summed E-state index contributed by atoms with van der Waals surface area (Å²) in [5.41, 5.74) is 0. The number of esters is 1. The highest BCUT2D eigenvalue weighted by atomic mass is 32.1. The molecule has 0 aliphatic heterocycles. The van der Waals surface area contributed by atoms with Crippen LogP contribution in [0.3, 0.4) is 0 Å². The Labute approximate surface area is 120 Å². The van der Waals surface area contributed by atoms with E-state index >= 15 is 0 Å². The van der Waals surface area contributed by atoms with Crippen LogP contribution in [0.5, 0.6) is 0 Å². The van der Waals surface area contributed by atoms with Gasteiger partial charge in [-0.3, -0.25) is 9.59 Å². The smallest absolute Gasteiger partial charge is 0.326 e. The summed E-state index contributed by atoms with van der Waals surface area (Å²) in [5.74, 6) is -2.30. The predicted octanol–water partition coefficient (Wildman–Crippen LogP) is 1.20. The van der Waals surface area contributed by atoms with E-state index in [0.717, 1.165) is 6.42 Å². The number of nitrogens with one attached hydrogen (secondary N) is 1. The van der Waals surface area contributed by atoms with Crippen LogP contribution in [0.15, 0.2) is 17.5 Å². The first-order valence-corrected chi connectivity index (χ1v) is 7.02. The maximum absolute atomic E-state index is 11.6. The van der Waals surface area contributed by atoms with Crippen LogP contribution in [0.25, 0.3) is 0 Å². The fourth-order valence-electron chi connectivity index (χ4n) is 1.59. The molecule has 2 N–H and O–H groups in total. The zero-order valence-electron chi connectivity index (χ0n) is 11.1. The van der Waals surface area contributed by atoms with Gasteiger partial charge in [0.05, 0.1) is 13.5 Å². The molecule has 0 radical (unpaired) electrons. The summed E-state index contributed by atoms with van der Waals surface area (Å²) < 4.78 is 4.39. The van der Waals surface area contributed by atoms with Crippen molar-refractivity contribution >= 4 is 29.2 Å². The highest BCUT2D eigenvalue weighted by Crippen LogP contribution is 2.11. The van der Waals surface area contributed by atoms with Gasteiger partial charge in [0.25, 0.3) is 0 Å². The van der Waals surface area contributed by atoms with Gasteiger partial charge in [-0.25, -0.2) is 4.79 Å². The molecule has 7 heteroatoms. The summed E-state index contributed by atoms with van der Waals surface area (Å²) in [6, 6.07) is 2.69. The summed E-state index contributed by atoms with van der Waals surface area (Å²) in [6.45, 7) is 0. The molecule has 0 aliphatic rings. The van der Waals surface area contributed by atoms with Crippen molar-refractivity contribution < 1.29 is 24.2 Å². The topological polar surface area (TPSA) is 92.7 Å². The lowest BCUT2D eigenvalue weighted by Gasteiger charge is -2.13. The van der Waals surface area contributed by atoms with Crippen LogP contribution in [0.2, 0.25) is 0 Å². The highest BCUT2D eigenvalue weighted by Gasteiger charge is 2.23. The number of ether oxygens (including phenoxy) is 1. The Bertz CT molecular complexity index is 457. The molecule has 0 saturated carbocycles. The van der Waals surface area contributed by atoms with E-state index in [1.165, 1.54) is 12.0 Å². The van der Waals surface area contributed by atoms with Gasteiger partial charge in [-0.2, -0.15) is 0 Å². The minimum absolute atomic E-state index is 0.225. The van der Waals surface area contributed by atoms with Gasteiger partial charge in [-0.1, -0.05) is 6.07 Å². The second-order valence-corrected chi connectivity index (χ2v) is 5.20. The number of methoxy groups -OCH3 is 1. The zero-order valence-corrected chi connectivity index (χ0v) is 11.9. The molecule has 0 aromatic carbocycles. The average molecular weight is 299 g/mol. The molecule has 0 fully saturated rings. The maximum Gasteiger partial charge on any atom is 0.326 e. The number of amides is 1. The Balaban J connectivity index is 2.34. The van der Waals surface area contributed by atoms with E-state index in [1.54, 1.807) is 11.3 Å². The van der Waals surface area contributed by atoms with Crippen LogP contribution in [-0.2, 0) is 25.5 Å². The van der Waals surface area contributed by atoms with Crippen molar-refractivity contribution in [2.45, 2.75) is 31.7 Å². The van der Waals surface area contributed by atoms with Gasteiger partial charge in [0.1, 0.15) is 6.04 Å². The number of carbonyl (C=O) groups is 3. The lowest BCUT2D eigenvalue weighted by atomic mass is 10.1. The van der Waals surface area contributed by atoms with Crippen LogP contribution < -0.4 is 5.32 Å². The fourth-order valence-corrected chi connectivity index (χ4v) is 2.35. The molecule has 1 aromatic heterocycles. The summed E-state index contributed by atoms with van der Waals surface area (Å²) in [4.78, 5) is 34.8. The standard InChI is InChI=1S/C13H17NO5S/c1-19-12(16)8-10(13(17)18)14-11(15)6-2-4-9-5-3-7-20-9/h3,5,7,10H,2,4,6,8H2,1H3,(H,14,15)(H,17,18)/t10-/m0/s1. The molecule has 1 aromatic rings. The Morgan fingerprint density at radius 1 is 1.45 bits per heavy atom. The Morgan fingerprint density at radius 2 is 2.20 bits per heavy atom. The minimum Gasteiger partial charge on any atom is -0.480 e. The van der Waals surface area contributed by atoms with E-state index in [2.05, 4.69) is 10.1 Å². The van der Waals surface area contributed by atoms with E-state index in [0.29, 0.717) is 6.42 Å². The first-order chi connectivity index (χ1) is 9.52. The van der Waals surface area contributed by atoms with Crippen LogP contribution in [0.4, 0.5) is 0 Å². The molecule has 0 unspecified atom stereocenters. The Morgan fingerprint density at radius 3 is 2.75 bits per heavy atom. The molecule has 1 rings (SSSR count). The molecule has 20 heavy (non-hydrogen) atoms. The molecular formula is C13H17NO5S. The molecular weight excluding hydrogens is 282 g/mol. The summed E-state index contributed by atoms with van der Waals surface area (Å²) in [7, 11) is 1.17. The number of hydrogen-bond donors (Lipinski definition) is 2. The third-order valence-electron chi connectivity index (χ3n) is 2.64. The second kappa shape index (κ2) is 8.31. The zero-order chi connectivity index (χ0) is 15.0. The van der Waals surface area contributed by atoms with Crippen molar-refractivity contribution in [2.75, 3.05) is 7.11 Å². The van der Waals surface area contributed by atoms with Crippen molar-refractivity contribution in [1.29, 1.82) is 0 Å².